The van der Waals surface area contributed by atoms with Gasteiger partial charge in [0.05, 0.1) is 11.0 Å². The Labute approximate surface area is 227 Å². The van der Waals surface area contributed by atoms with E-state index >= 15 is 0 Å². The molecule has 7 heteroatoms. The molecule has 6 rings (SSSR count). The molecule has 2 N–H and O–H groups in total. The van der Waals surface area contributed by atoms with Crippen LogP contribution < -0.4 is 10.6 Å². The molecule has 2 heterocycles. The number of anilines is 1. The van der Waals surface area contributed by atoms with Crippen LogP contribution in [0, 0.1) is 0 Å². The largest absolute Gasteiger partial charge is 0.348 e. The standard InChI is InChI=1S/C32H29N5O2/c1-36-16-15-23-9-12-27(18-26(23)20-36)35-32(39)25-6-4-5-22(17-25)19-33-31(38)24-10-13-28(14-11-24)37-21-34-29-7-2-3-8-30(29)37/h2-14,17-18,21H,15-16,19-20H2,1H3,(H,33,38)(H,35,39). The summed E-state index contributed by atoms with van der Waals surface area (Å²) in [6, 6.07) is 28.8. The molecule has 1 aliphatic rings. The minimum Gasteiger partial charge on any atom is -0.348 e. The van der Waals surface area contributed by atoms with Crippen LogP contribution in [-0.2, 0) is 19.5 Å². The van der Waals surface area contributed by atoms with Crippen molar-refractivity contribution >= 4 is 28.5 Å². The maximum atomic E-state index is 13.0. The van der Waals surface area contributed by atoms with E-state index < -0.39 is 0 Å². The number of nitrogens with one attached hydrogen (secondary N) is 2. The quantitative estimate of drug-likeness (QED) is 0.326. The first-order chi connectivity index (χ1) is 19.0. The number of rotatable bonds is 6. The van der Waals surface area contributed by atoms with Crippen molar-refractivity contribution in [2.75, 3.05) is 18.9 Å². The lowest BCUT2D eigenvalue weighted by Crippen LogP contribution is -2.26. The van der Waals surface area contributed by atoms with Gasteiger partial charge in [0.15, 0.2) is 0 Å². The minimum atomic E-state index is -0.175. The third-order valence-electron chi connectivity index (χ3n) is 7.17. The number of aromatic nitrogens is 2. The van der Waals surface area contributed by atoms with Gasteiger partial charge in [0.1, 0.15) is 6.33 Å². The van der Waals surface area contributed by atoms with E-state index in [1.807, 2.05) is 65.2 Å². The van der Waals surface area contributed by atoms with Crippen molar-refractivity contribution in [1.29, 1.82) is 0 Å². The van der Waals surface area contributed by atoms with Gasteiger partial charge >= 0.3 is 0 Å². The van der Waals surface area contributed by atoms with E-state index in [0.29, 0.717) is 17.7 Å². The molecule has 0 saturated carbocycles. The van der Waals surface area contributed by atoms with Crippen LogP contribution in [0.2, 0.25) is 0 Å². The highest BCUT2D eigenvalue weighted by molar-refractivity contribution is 6.04. The number of amides is 2. The summed E-state index contributed by atoms with van der Waals surface area (Å²) in [6.45, 7) is 2.26. The molecule has 194 valence electrons. The number of nitrogens with zero attached hydrogens (tertiary/aromatic N) is 3. The summed E-state index contributed by atoms with van der Waals surface area (Å²) in [5.41, 5.74) is 8.22. The molecule has 0 atom stereocenters. The normalized spacial score (nSPS) is 13.2. The van der Waals surface area contributed by atoms with Crippen LogP contribution in [0.5, 0.6) is 0 Å². The molecule has 0 bridgehead atoms. The average molecular weight is 516 g/mol. The van der Waals surface area contributed by atoms with Gasteiger partial charge < -0.3 is 15.5 Å². The molecule has 4 aromatic carbocycles. The lowest BCUT2D eigenvalue weighted by Gasteiger charge is -2.25. The number of fused-ring (bicyclic) bond motifs is 2. The molecule has 2 amide bonds. The van der Waals surface area contributed by atoms with Crippen molar-refractivity contribution in [3.05, 3.63) is 125 Å². The van der Waals surface area contributed by atoms with Gasteiger partial charge in [0.25, 0.3) is 11.8 Å². The molecule has 7 nitrogen and oxygen atoms in total. The number of likely N-dealkylation sites (N-methyl/N-ethyl adjacent to an activating group) is 1. The summed E-state index contributed by atoms with van der Waals surface area (Å²) in [4.78, 5) is 32.5. The van der Waals surface area contributed by atoms with Crippen LogP contribution in [0.1, 0.15) is 37.4 Å². The van der Waals surface area contributed by atoms with Gasteiger partial charge in [-0.3, -0.25) is 14.2 Å². The van der Waals surface area contributed by atoms with E-state index in [2.05, 4.69) is 39.7 Å². The van der Waals surface area contributed by atoms with Crippen LogP contribution >= 0.6 is 0 Å². The molecular formula is C32H29N5O2. The van der Waals surface area contributed by atoms with Crippen LogP contribution in [0.3, 0.4) is 0 Å². The minimum absolute atomic E-state index is 0.171. The molecule has 0 fully saturated rings. The Kier molecular flexibility index (Phi) is 6.65. The topological polar surface area (TPSA) is 79.3 Å². The molecule has 39 heavy (non-hydrogen) atoms. The van der Waals surface area contributed by atoms with Crippen molar-refractivity contribution in [1.82, 2.24) is 19.8 Å². The van der Waals surface area contributed by atoms with Crippen molar-refractivity contribution < 1.29 is 9.59 Å². The fourth-order valence-corrected chi connectivity index (χ4v) is 5.02. The molecule has 1 aromatic heterocycles. The second-order valence-electron chi connectivity index (χ2n) is 9.96. The Hall–Kier alpha value is -4.75. The second-order valence-corrected chi connectivity index (χ2v) is 9.96. The van der Waals surface area contributed by atoms with E-state index in [0.717, 1.165) is 47.5 Å². The number of hydrogen-bond donors (Lipinski definition) is 2. The van der Waals surface area contributed by atoms with Gasteiger partial charge in [-0.15, -0.1) is 0 Å². The average Bonchev–Trinajstić information content (AvgIpc) is 3.40. The van der Waals surface area contributed by atoms with Crippen LogP contribution in [0.15, 0.2) is 97.3 Å². The summed E-state index contributed by atoms with van der Waals surface area (Å²) in [7, 11) is 2.11. The van der Waals surface area contributed by atoms with E-state index in [1.54, 1.807) is 24.5 Å². The van der Waals surface area contributed by atoms with Crippen LogP contribution in [0.25, 0.3) is 16.7 Å². The number of benzene rings is 4. The number of para-hydroxylation sites is 2. The predicted octanol–water partition coefficient (Wildman–Crippen LogP) is 5.20. The first kappa shape index (κ1) is 24.6. The molecule has 1 aliphatic heterocycles. The van der Waals surface area contributed by atoms with Crippen LogP contribution in [0.4, 0.5) is 5.69 Å². The highest BCUT2D eigenvalue weighted by atomic mass is 16.2. The van der Waals surface area contributed by atoms with Crippen molar-refractivity contribution in [3.8, 4) is 5.69 Å². The molecular weight excluding hydrogens is 486 g/mol. The third-order valence-corrected chi connectivity index (χ3v) is 7.17. The first-order valence-electron chi connectivity index (χ1n) is 13.0. The smallest absolute Gasteiger partial charge is 0.255 e. The highest BCUT2D eigenvalue weighted by Gasteiger charge is 2.15. The second kappa shape index (κ2) is 10.6. The molecule has 0 aliphatic carbocycles. The third kappa shape index (κ3) is 5.30. The zero-order valence-electron chi connectivity index (χ0n) is 21.7. The van der Waals surface area contributed by atoms with Crippen LogP contribution in [-0.4, -0.2) is 39.9 Å². The first-order valence-corrected chi connectivity index (χ1v) is 13.0. The van der Waals surface area contributed by atoms with Crippen molar-refractivity contribution in [2.24, 2.45) is 0 Å². The molecule has 0 spiro atoms. The summed E-state index contributed by atoms with van der Waals surface area (Å²) in [6.07, 6.45) is 2.81. The Morgan fingerprint density at radius 2 is 1.69 bits per heavy atom. The predicted molar refractivity (Wildman–Crippen MR) is 153 cm³/mol. The van der Waals surface area contributed by atoms with Gasteiger partial charge in [-0.05, 0) is 90.8 Å². The summed E-state index contributed by atoms with van der Waals surface area (Å²) < 4.78 is 2.00. The fourth-order valence-electron chi connectivity index (χ4n) is 5.02. The number of carbonyl (C=O) groups is 2. The molecule has 5 aromatic rings. The maximum absolute atomic E-state index is 13.0. The molecule has 0 saturated heterocycles. The van der Waals surface area contributed by atoms with Gasteiger partial charge in [-0.25, -0.2) is 4.98 Å². The van der Waals surface area contributed by atoms with Crippen molar-refractivity contribution in [2.45, 2.75) is 19.5 Å². The number of carbonyl (C=O) groups excluding carboxylic acids is 2. The Bertz CT molecular complexity index is 1670. The Morgan fingerprint density at radius 1 is 0.846 bits per heavy atom. The zero-order chi connectivity index (χ0) is 26.8. The summed E-state index contributed by atoms with van der Waals surface area (Å²) in [5, 5.41) is 5.98. The monoisotopic (exact) mass is 515 g/mol. The van der Waals surface area contributed by atoms with E-state index in [-0.39, 0.29) is 11.8 Å². The highest BCUT2D eigenvalue weighted by Crippen LogP contribution is 2.23. The lowest BCUT2D eigenvalue weighted by molar-refractivity contribution is 0.0950. The van der Waals surface area contributed by atoms with E-state index in [4.69, 9.17) is 0 Å². The SMILES string of the molecule is CN1CCc2ccc(NC(=O)c3cccc(CNC(=O)c4ccc(-n5cnc6ccccc65)cc4)c3)cc2C1. The van der Waals surface area contributed by atoms with Gasteiger partial charge in [0, 0.05) is 42.1 Å². The Balaban J connectivity index is 1.08. The van der Waals surface area contributed by atoms with Gasteiger partial charge in [-0.2, -0.15) is 0 Å². The van der Waals surface area contributed by atoms with Gasteiger partial charge in [-0.1, -0.05) is 30.3 Å². The zero-order valence-corrected chi connectivity index (χ0v) is 21.7. The van der Waals surface area contributed by atoms with E-state index in [1.165, 1.54) is 11.1 Å². The maximum Gasteiger partial charge on any atom is 0.255 e. The molecule has 0 unspecified atom stereocenters. The summed E-state index contributed by atoms with van der Waals surface area (Å²) in [5.74, 6) is -0.346. The fraction of sp³-hybridized carbons (Fsp3) is 0.156. The Morgan fingerprint density at radius 3 is 2.56 bits per heavy atom. The molecule has 0 radical (unpaired) electrons. The van der Waals surface area contributed by atoms with Gasteiger partial charge in [0.2, 0.25) is 0 Å². The lowest BCUT2D eigenvalue weighted by atomic mass is 9.99. The van der Waals surface area contributed by atoms with E-state index in [9.17, 15) is 9.59 Å². The summed E-state index contributed by atoms with van der Waals surface area (Å²) >= 11 is 0. The number of imidazole rings is 1. The number of hydrogen-bond acceptors (Lipinski definition) is 4. The van der Waals surface area contributed by atoms with Crippen molar-refractivity contribution in [3.63, 3.8) is 0 Å².